The molecule has 25 heavy (non-hydrogen) atoms. The van der Waals surface area contributed by atoms with Gasteiger partial charge in [0.1, 0.15) is 6.73 Å². The Kier molecular flexibility index (Phi) is 6.36. The third-order valence-electron chi connectivity index (χ3n) is 4.20. The Morgan fingerprint density at radius 2 is 2.00 bits per heavy atom. The van der Waals surface area contributed by atoms with Gasteiger partial charge in [-0.3, -0.25) is 15.5 Å². The third-order valence-corrected chi connectivity index (χ3v) is 4.20. The minimum atomic E-state index is -0.0338. The standard InChI is InChI=1S/C19H25N3O3/c1-4-16(22(5-2)12-23)10-21-17-7-15-9-19(25-11-20)18(24)8-14(15)6-13(17)3/h6-10,12,16,24H,4-5,11,20H2,1-3H3. The second kappa shape index (κ2) is 8.48. The van der Waals surface area contributed by atoms with Crippen molar-refractivity contribution in [2.24, 2.45) is 10.7 Å². The molecule has 0 spiro atoms. The normalized spacial score (nSPS) is 12.5. The van der Waals surface area contributed by atoms with Crippen LogP contribution in [-0.2, 0) is 4.79 Å². The number of carbonyl (C=O) groups excluding carboxylic acids is 1. The zero-order valence-corrected chi connectivity index (χ0v) is 14.9. The molecule has 2 aromatic rings. The van der Waals surface area contributed by atoms with Gasteiger partial charge in [-0.1, -0.05) is 6.92 Å². The first-order valence-electron chi connectivity index (χ1n) is 8.39. The van der Waals surface area contributed by atoms with Gasteiger partial charge in [0.05, 0.1) is 11.7 Å². The van der Waals surface area contributed by atoms with E-state index < -0.39 is 0 Å². The summed E-state index contributed by atoms with van der Waals surface area (Å²) in [5, 5.41) is 11.8. The van der Waals surface area contributed by atoms with E-state index in [1.165, 1.54) is 0 Å². The first-order chi connectivity index (χ1) is 12.0. The van der Waals surface area contributed by atoms with Gasteiger partial charge in [0.25, 0.3) is 0 Å². The molecular weight excluding hydrogens is 318 g/mol. The van der Waals surface area contributed by atoms with Crippen molar-refractivity contribution in [1.29, 1.82) is 0 Å². The Morgan fingerprint density at radius 3 is 2.60 bits per heavy atom. The van der Waals surface area contributed by atoms with E-state index in [1.54, 1.807) is 17.0 Å². The van der Waals surface area contributed by atoms with Crippen molar-refractivity contribution in [3.05, 3.63) is 29.8 Å². The van der Waals surface area contributed by atoms with E-state index in [-0.39, 0.29) is 18.5 Å². The second-order valence-corrected chi connectivity index (χ2v) is 5.81. The van der Waals surface area contributed by atoms with E-state index in [9.17, 15) is 9.90 Å². The van der Waals surface area contributed by atoms with Crippen molar-refractivity contribution in [3.63, 3.8) is 0 Å². The van der Waals surface area contributed by atoms with Gasteiger partial charge < -0.3 is 14.7 Å². The molecule has 0 radical (unpaired) electrons. The predicted molar refractivity (Wildman–Crippen MR) is 101 cm³/mol. The minimum Gasteiger partial charge on any atom is -0.504 e. The number of phenols is 1. The summed E-state index contributed by atoms with van der Waals surface area (Å²) in [5.41, 5.74) is 7.19. The Hall–Kier alpha value is -2.60. The molecule has 0 aliphatic heterocycles. The summed E-state index contributed by atoms with van der Waals surface area (Å²) in [6, 6.07) is 7.27. The van der Waals surface area contributed by atoms with E-state index in [0.29, 0.717) is 12.3 Å². The summed E-state index contributed by atoms with van der Waals surface area (Å²) >= 11 is 0. The highest BCUT2D eigenvalue weighted by Gasteiger charge is 2.11. The number of ether oxygens (including phenoxy) is 1. The van der Waals surface area contributed by atoms with Crippen LogP contribution >= 0.6 is 0 Å². The molecule has 6 heteroatoms. The highest BCUT2D eigenvalue weighted by Crippen LogP contribution is 2.34. The molecule has 0 aliphatic carbocycles. The van der Waals surface area contributed by atoms with E-state index in [4.69, 9.17) is 10.5 Å². The lowest BCUT2D eigenvalue weighted by atomic mass is 10.0. The number of nitrogens with zero attached hydrogens (tertiary/aromatic N) is 2. The molecule has 3 N–H and O–H groups in total. The number of carbonyl (C=O) groups is 1. The molecule has 0 fully saturated rings. The van der Waals surface area contributed by atoms with Crippen molar-refractivity contribution in [2.75, 3.05) is 13.3 Å². The number of hydrogen-bond acceptors (Lipinski definition) is 5. The fourth-order valence-electron chi connectivity index (χ4n) is 2.74. The number of aromatic hydroxyl groups is 1. The maximum Gasteiger partial charge on any atom is 0.210 e. The largest absolute Gasteiger partial charge is 0.504 e. The molecule has 0 aromatic heterocycles. The quantitative estimate of drug-likeness (QED) is 0.438. The van der Waals surface area contributed by atoms with Crippen LogP contribution in [0.1, 0.15) is 25.8 Å². The number of hydrogen-bond donors (Lipinski definition) is 2. The van der Waals surface area contributed by atoms with Crippen LogP contribution in [0.4, 0.5) is 5.69 Å². The molecule has 0 aliphatic rings. The summed E-state index contributed by atoms with van der Waals surface area (Å²) in [6.45, 7) is 6.56. The first kappa shape index (κ1) is 18.7. The lowest BCUT2D eigenvalue weighted by Gasteiger charge is -2.22. The smallest absolute Gasteiger partial charge is 0.210 e. The van der Waals surface area contributed by atoms with Crippen LogP contribution in [0.2, 0.25) is 0 Å². The number of aryl methyl sites for hydroxylation is 1. The van der Waals surface area contributed by atoms with Gasteiger partial charge >= 0.3 is 0 Å². The van der Waals surface area contributed by atoms with Gasteiger partial charge in [0.2, 0.25) is 6.41 Å². The lowest BCUT2D eigenvalue weighted by Crippen LogP contribution is -2.34. The average Bonchev–Trinajstić information content (AvgIpc) is 2.60. The summed E-state index contributed by atoms with van der Waals surface area (Å²) < 4.78 is 5.23. The van der Waals surface area contributed by atoms with E-state index in [2.05, 4.69) is 4.99 Å². The maximum atomic E-state index is 11.1. The maximum absolute atomic E-state index is 11.1. The fourth-order valence-corrected chi connectivity index (χ4v) is 2.74. The number of aliphatic imine (C=N–C) groups is 1. The van der Waals surface area contributed by atoms with Gasteiger partial charge in [0.15, 0.2) is 11.5 Å². The summed E-state index contributed by atoms with van der Waals surface area (Å²) in [5.74, 6) is 0.405. The zero-order chi connectivity index (χ0) is 18.4. The predicted octanol–water partition coefficient (Wildman–Crippen LogP) is 3.11. The molecular formula is C19H25N3O3. The Balaban J connectivity index is 2.40. The van der Waals surface area contributed by atoms with Crippen molar-refractivity contribution in [1.82, 2.24) is 4.90 Å². The third kappa shape index (κ3) is 4.28. The zero-order valence-electron chi connectivity index (χ0n) is 14.9. The molecule has 6 nitrogen and oxygen atoms in total. The number of nitrogens with two attached hydrogens (primary N) is 1. The van der Waals surface area contributed by atoms with Crippen molar-refractivity contribution in [3.8, 4) is 11.5 Å². The van der Waals surface area contributed by atoms with E-state index in [0.717, 1.165) is 34.9 Å². The lowest BCUT2D eigenvalue weighted by molar-refractivity contribution is -0.118. The topological polar surface area (TPSA) is 88.2 Å². The van der Waals surface area contributed by atoms with E-state index >= 15 is 0 Å². The van der Waals surface area contributed by atoms with Crippen LogP contribution in [0.3, 0.4) is 0 Å². The molecule has 2 rings (SSSR count). The van der Waals surface area contributed by atoms with Crippen LogP contribution in [-0.4, -0.2) is 41.9 Å². The molecule has 134 valence electrons. The molecule has 0 saturated heterocycles. The molecule has 1 amide bonds. The second-order valence-electron chi connectivity index (χ2n) is 5.81. The van der Waals surface area contributed by atoms with Gasteiger partial charge in [0, 0.05) is 12.8 Å². The summed E-state index contributed by atoms with van der Waals surface area (Å²) in [6.07, 6.45) is 3.46. The van der Waals surface area contributed by atoms with Crippen LogP contribution in [0.15, 0.2) is 29.3 Å². The van der Waals surface area contributed by atoms with Gasteiger partial charge in [-0.2, -0.15) is 0 Å². The fraction of sp³-hybridized carbons (Fsp3) is 0.368. The van der Waals surface area contributed by atoms with Crippen LogP contribution < -0.4 is 10.5 Å². The molecule has 2 aromatic carbocycles. The average molecular weight is 343 g/mol. The number of amides is 1. The summed E-state index contributed by atoms with van der Waals surface area (Å²) in [4.78, 5) is 17.4. The Bertz CT molecular complexity index is 774. The van der Waals surface area contributed by atoms with Crippen molar-refractivity contribution >= 4 is 29.1 Å². The highest BCUT2D eigenvalue weighted by molar-refractivity contribution is 5.90. The highest BCUT2D eigenvalue weighted by atomic mass is 16.5. The Morgan fingerprint density at radius 1 is 1.28 bits per heavy atom. The Labute approximate surface area is 147 Å². The van der Waals surface area contributed by atoms with Gasteiger partial charge in [-0.15, -0.1) is 0 Å². The molecule has 0 heterocycles. The van der Waals surface area contributed by atoms with Crippen molar-refractivity contribution in [2.45, 2.75) is 33.2 Å². The number of fused-ring (bicyclic) bond motifs is 1. The number of rotatable bonds is 8. The molecule has 0 bridgehead atoms. The van der Waals surface area contributed by atoms with Gasteiger partial charge in [-0.25, -0.2) is 0 Å². The first-order valence-corrected chi connectivity index (χ1v) is 8.39. The molecule has 1 atom stereocenters. The SMILES string of the molecule is CCC(C=Nc1cc2cc(OCN)c(O)cc2cc1C)N(C=O)CC. The van der Waals surface area contributed by atoms with Crippen LogP contribution in [0.5, 0.6) is 11.5 Å². The molecule has 0 saturated carbocycles. The molecule has 1 unspecified atom stereocenters. The minimum absolute atomic E-state index is 0.00728. The van der Waals surface area contributed by atoms with E-state index in [1.807, 2.05) is 39.1 Å². The summed E-state index contributed by atoms with van der Waals surface area (Å²) in [7, 11) is 0. The van der Waals surface area contributed by atoms with Crippen molar-refractivity contribution < 1.29 is 14.6 Å². The van der Waals surface area contributed by atoms with Crippen LogP contribution in [0.25, 0.3) is 10.8 Å². The van der Waals surface area contributed by atoms with Crippen LogP contribution in [0, 0.1) is 6.92 Å². The number of benzene rings is 2. The monoisotopic (exact) mass is 343 g/mol. The van der Waals surface area contributed by atoms with Gasteiger partial charge in [-0.05, 0) is 60.9 Å². The number of phenolic OH excluding ortho intramolecular Hbond substituents is 1.